The Morgan fingerprint density at radius 3 is 3.15 bits per heavy atom. The maximum absolute atomic E-state index is 13.1. The third kappa shape index (κ3) is 2.19. The average Bonchev–Trinajstić information content (AvgIpc) is 3.08. The average molecular weight is 292 g/mol. The Morgan fingerprint density at radius 1 is 1.60 bits per heavy atom. The van der Waals surface area contributed by atoms with Crippen molar-refractivity contribution in [3.05, 3.63) is 21.9 Å². The van der Waals surface area contributed by atoms with Gasteiger partial charge in [-0.15, -0.1) is 11.3 Å². The molecule has 1 aromatic rings. The topological polar surface area (TPSA) is 32.3 Å². The van der Waals surface area contributed by atoms with Crippen LogP contribution in [-0.4, -0.2) is 30.4 Å². The second kappa shape index (κ2) is 5.49. The molecule has 2 aliphatic heterocycles. The van der Waals surface area contributed by atoms with Crippen LogP contribution in [0.2, 0.25) is 0 Å². The number of fused-ring (bicyclic) bond motifs is 1. The fourth-order valence-corrected chi connectivity index (χ4v) is 4.78. The van der Waals surface area contributed by atoms with E-state index in [1.807, 2.05) is 11.3 Å². The van der Waals surface area contributed by atoms with Gasteiger partial charge in [-0.05, 0) is 49.7 Å². The van der Waals surface area contributed by atoms with Gasteiger partial charge in [-0.25, -0.2) is 0 Å². The first-order chi connectivity index (χ1) is 9.68. The molecule has 1 aromatic heterocycles. The van der Waals surface area contributed by atoms with Gasteiger partial charge in [-0.2, -0.15) is 0 Å². The van der Waals surface area contributed by atoms with Crippen LogP contribution in [-0.2, 0) is 11.2 Å². The lowest BCUT2D eigenvalue weighted by Gasteiger charge is -2.40. The van der Waals surface area contributed by atoms with Crippen LogP contribution in [0.3, 0.4) is 0 Å². The van der Waals surface area contributed by atoms with Gasteiger partial charge < -0.3 is 10.2 Å². The number of amides is 1. The number of carbonyl (C=O) groups is 1. The number of carbonyl (C=O) groups excluding carboxylic acids is 1. The van der Waals surface area contributed by atoms with Crippen molar-refractivity contribution < 1.29 is 4.79 Å². The molecule has 3 nitrogen and oxygen atoms in total. The summed E-state index contributed by atoms with van der Waals surface area (Å²) in [5.74, 6) is 0.383. The van der Waals surface area contributed by atoms with Gasteiger partial charge in [0.05, 0.1) is 11.5 Å². The molecule has 0 aliphatic carbocycles. The Balaban J connectivity index is 1.84. The summed E-state index contributed by atoms with van der Waals surface area (Å²) in [6.07, 6.45) is 4.12. The third-order valence-electron chi connectivity index (χ3n) is 4.96. The Morgan fingerprint density at radius 2 is 2.45 bits per heavy atom. The van der Waals surface area contributed by atoms with E-state index in [-0.39, 0.29) is 11.5 Å². The van der Waals surface area contributed by atoms with Gasteiger partial charge in [0, 0.05) is 18.0 Å². The largest absolute Gasteiger partial charge is 0.335 e. The van der Waals surface area contributed by atoms with Crippen molar-refractivity contribution in [2.24, 2.45) is 5.41 Å². The lowest BCUT2D eigenvalue weighted by molar-refractivity contribution is -0.144. The summed E-state index contributed by atoms with van der Waals surface area (Å²) in [6.45, 7) is 7.10. The minimum atomic E-state index is -0.142. The van der Waals surface area contributed by atoms with Crippen molar-refractivity contribution in [1.29, 1.82) is 0 Å². The molecule has 0 bridgehead atoms. The predicted molar refractivity (Wildman–Crippen MR) is 83.0 cm³/mol. The molecule has 20 heavy (non-hydrogen) atoms. The summed E-state index contributed by atoms with van der Waals surface area (Å²) < 4.78 is 0. The van der Waals surface area contributed by atoms with Crippen molar-refractivity contribution >= 4 is 17.2 Å². The zero-order chi connectivity index (χ0) is 14.2. The van der Waals surface area contributed by atoms with E-state index < -0.39 is 0 Å². The highest BCUT2D eigenvalue weighted by Crippen LogP contribution is 2.39. The van der Waals surface area contributed by atoms with Gasteiger partial charge in [-0.3, -0.25) is 4.79 Å². The van der Waals surface area contributed by atoms with E-state index in [0.29, 0.717) is 5.91 Å². The second-order valence-corrected chi connectivity index (χ2v) is 7.18. The molecular weight excluding hydrogens is 268 g/mol. The highest BCUT2D eigenvalue weighted by atomic mass is 32.1. The maximum Gasteiger partial charge on any atom is 0.230 e. The summed E-state index contributed by atoms with van der Waals surface area (Å²) in [4.78, 5) is 16.7. The zero-order valence-corrected chi connectivity index (χ0v) is 13.3. The molecular formula is C16H24N2OS. The van der Waals surface area contributed by atoms with Crippen LogP contribution in [0.1, 0.15) is 49.6 Å². The first kappa shape index (κ1) is 14.1. The van der Waals surface area contributed by atoms with Gasteiger partial charge >= 0.3 is 0 Å². The van der Waals surface area contributed by atoms with Crippen molar-refractivity contribution in [3.8, 4) is 0 Å². The van der Waals surface area contributed by atoms with E-state index in [0.717, 1.165) is 45.3 Å². The first-order valence-electron chi connectivity index (χ1n) is 7.76. The first-order valence-corrected chi connectivity index (χ1v) is 8.64. The second-order valence-electron chi connectivity index (χ2n) is 6.18. The molecule has 1 N–H and O–H groups in total. The Hall–Kier alpha value is -0.870. The van der Waals surface area contributed by atoms with Crippen LogP contribution in [0.25, 0.3) is 0 Å². The summed E-state index contributed by atoms with van der Waals surface area (Å²) in [5, 5.41) is 5.56. The monoisotopic (exact) mass is 292 g/mol. The van der Waals surface area contributed by atoms with Crippen LogP contribution in [0.4, 0.5) is 0 Å². The highest BCUT2D eigenvalue weighted by molar-refractivity contribution is 7.10. The molecule has 4 heteroatoms. The smallest absolute Gasteiger partial charge is 0.230 e. The summed E-state index contributed by atoms with van der Waals surface area (Å²) in [6, 6.07) is 2.44. The van der Waals surface area contributed by atoms with E-state index in [2.05, 4.69) is 35.5 Å². The molecule has 3 heterocycles. The summed E-state index contributed by atoms with van der Waals surface area (Å²) in [5.41, 5.74) is 1.23. The molecule has 0 aromatic carbocycles. The lowest BCUT2D eigenvalue weighted by Crippen LogP contribution is -2.48. The molecule has 3 rings (SSSR count). The van der Waals surface area contributed by atoms with Crippen LogP contribution >= 0.6 is 11.3 Å². The number of nitrogens with one attached hydrogen (secondary N) is 1. The fraction of sp³-hybridized carbons (Fsp3) is 0.688. The number of nitrogens with zero attached hydrogens (tertiary/aromatic N) is 1. The minimum Gasteiger partial charge on any atom is -0.335 e. The zero-order valence-electron chi connectivity index (χ0n) is 12.4. The number of hydrogen-bond donors (Lipinski definition) is 1. The van der Waals surface area contributed by atoms with Crippen molar-refractivity contribution in [2.45, 2.75) is 45.6 Å². The summed E-state index contributed by atoms with van der Waals surface area (Å²) in [7, 11) is 0. The lowest BCUT2D eigenvalue weighted by atomic mass is 9.80. The van der Waals surface area contributed by atoms with Gasteiger partial charge in [0.1, 0.15) is 0 Å². The van der Waals surface area contributed by atoms with Crippen LogP contribution in [0.15, 0.2) is 11.4 Å². The van der Waals surface area contributed by atoms with Crippen molar-refractivity contribution in [2.75, 3.05) is 19.6 Å². The maximum atomic E-state index is 13.1. The van der Waals surface area contributed by atoms with Crippen molar-refractivity contribution in [1.82, 2.24) is 10.2 Å². The standard InChI is InChI=1S/C16H24N2OS/c1-3-6-16(7-8-17-11-16)15(19)18-9-4-14-13(12(18)2)5-10-20-14/h5,10,12,17H,3-4,6-9,11H2,1-2H3. The molecule has 1 amide bonds. The normalized spacial score (nSPS) is 29.5. The van der Waals surface area contributed by atoms with Crippen LogP contribution in [0.5, 0.6) is 0 Å². The third-order valence-corrected chi connectivity index (χ3v) is 5.96. The van der Waals surface area contributed by atoms with E-state index >= 15 is 0 Å². The molecule has 0 saturated carbocycles. The molecule has 2 atom stereocenters. The number of thiophene rings is 1. The van der Waals surface area contributed by atoms with Crippen molar-refractivity contribution in [3.63, 3.8) is 0 Å². The predicted octanol–water partition coefficient (Wildman–Crippen LogP) is 2.97. The Kier molecular flexibility index (Phi) is 3.87. The van der Waals surface area contributed by atoms with Gasteiger partial charge in [0.15, 0.2) is 0 Å². The minimum absolute atomic E-state index is 0.142. The van der Waals surface area contributed by atoms with Crippen LogP contribution < -0.4 is 5.32 Å². The highest BCUT2D eigenvalue weighted by Gasteiger charge is 2.44. The Bertz CT molecular complexity index is 490. The molecule has 1 saturated heterocycles. The van der Waals surface area contributed by atoms with E-state index in [9.17, 15) is 4.79 Å². The Labute approximate surface area is 125 Å². The molecule has 0 spiro atoms. The quantitative estimate of drug-likeness (QED) is 0.929. The van der Waals surface area contributed by atoms with Gasteiger partial charge in [0.25, 0.3) is 0 Å². The molecule has 2 unspecified atom stereocenters. The fourth-order valence-electron chi connectivity index (χ4n) is 3.82. The molecule has 110 valence electrons. The number of rotatable bonds is 3. The number of hydrogen-bond acceptors (Lipinski definition) is 3. The van der Waals surface area contributed by atoms with Gasteiger partial charge in [0.2, 0.25) is 5.91 Å². The van der Waals surface area contributed by atoms with Crippen LogP contribution in [0, 0.1) is 5.41 Å². The summed E-state index contributed by atoms with van der Waals surface area (Å²) >= 11 is 1.83. The van der Waals surface area contributed by atoms with E-state index in [4.69, 9.17) is 0 Å². The SMILES string of the molecule is CCCC1(C(=O)N2CCc3sccc3C2C)CCNC1. The molecule has 2 aliphatic rings. The van der Waals surface area contributed by atoms with E-state index in [1.165, 1.54) is 10.4 Å². The van der Waals surface area contributed by atoms with E-state index in [1.54, 1.807) is 0 Å². The molecule has 1 fully saturated rings. The van der Waals surface area contributed by atoms with Gasteiger partial charge in [-0.1, -0.05) is 13.3 Å². The molecule has 0 radical (unpaired) electrons.